The number of hydrogen-bond donors (Lipinski definition) is 1. The average Bonchev–Trinajstić information content (AvgIpc) is 2.47. The van der Waals surface area contributed by atoms with Gasteiger partial charge in [-0.1, -0.05) is 11.6 Å². The largest absolute Gasteiger partial charge is 0.497 e. The Hall–Kier alpha value is -1.31. The van der Waals surface area contributed by atoms with Crippen LogP contribution in [0.3, 0.4) is 0 Å². The van der Waals surface area contributed by atoms with E-state index < -0.39 is 21.9 Å². The summed E-state index contributed by atoms with van der Waals surface area (Å²) in [5, 5.41) is 9.15. The van der Waals surface area contributed by atoms with Gasteiger partial charge in [0.1, 0.15) is 10.6 Å². The number of carbonyl (C=O) groups is 1. The number of sulfonamides is 1. The molecule has 0 radical (unpaired) electrons. The van der Waals surface area contributed by atoms with E-state index in [4.69, 9.17) is 21.4 Å². The Balaban J connectivity index is 2.35. The van der Waals surface area contributed by atoms with Crippen LogP contribution < -0.4 is 4.74 Å². The highest BCUT2D eigenvalue weighted by Gasteiger charge is 2.34. The van der Waals surface area contributed by atoms with Crippen molar-refractivity contribution in [2.45, 2.75) is 17.7 Å². The van der Waals surface area contributed by atoms with Crippen molar-refractivity contribution < 1.29 is 23.1 Å². The molecule has 8 heteroatoms. The van der Waals surface area contributed by atoms with Gasteiger partial charge in [-0.2, -0.15) is 4.31 Å². The minimum absolute atomic E-state index is 0.0365. The summed E-state index contributed by atoms with van der Waals surface area (Å²) >= 11 is 5.98. The molecule has 1 atom stereocenters. The van der Waals surface area contributed by atoms with Crippen LogP contribution in [-0.4, -0.2) is 44.0 Å². The smallest absolute Gasteiger partial charge is 0.307 e. The molecular weight excluding hydrogens is 318 g/mol. The molecule has 1 aliphatic heterocycles. The molecule has 1 N–H and O–H groups in total. The quantitative estimate of drug-likeness (QED) is 0.908. The summed E-state index contributed by atoms with van der Waals surface area (Å²) in [4.78, 5) is 11.0. The average molecular weight is 334 g/mol. The molecule has 1 aliphatic rings. The molecule has 2 rings (SSSR count). The van der Waals surface area contributed by atoms with Gasteiger partial charge in [0.15, 0.2) is 0 Å². The molecule has 0 amide bonds. The van der Waals surface area contributed by atoms with Crippen LogP contribution >= 0.6 is 11.6 Å². The molecule has 21 heavy (non-hydrogen) atoms. The zero-order valence-electron chi connectivity index (χ0n) is 11.5. The van der Waals surface area contributed by atoms with Crippen LogP contribution in [0.25, 0.3) is 0 Å². The third kappa shape index (κ3) is 3.30. The van der Waals surface area contributed by atoms with Gasteiger partial charge in [0.05, 0.1) is 18.1 Å². The first kappa shape index (κ1) is 16.1. The molecule has 6 nitrogen and oxygen atoms in total. The maximum atomic E-state index is 12.6. The molecule has 1 saturated heterocycles. The van der Waals surface area contributed by atoms with E-state index in [1.165, 1.54) is 23.5 Å². The third-order valence-corrected chi connectivity index (χ3v) is 5.84. The first-order valence-corrected chi connectivity index (χ1v) is 8.24. The molecule has 0 saturated carbocycles. The Labute approximate surface area is 128 Å². The molecule has 1 aromatic rings. The Bertz CT molecular complexity index is 646. The van der Waals surface area contributed by atoms with Crippen molar-refractivity contribution in [2.24, 2.45) is 5.92 Å². The predicted octanol–water partition coefficient (Wildman–Crippen LogP) is 1.83. The zero-order valence-corrected chi connectivity index (χ0v) is 13.0. The van der Waals surface area contributed by atoms with Crippen molar-refractivity contribution in [1.82, 2.24) is 4.31 Å². The lowest BCUT2D eigenvalue weighted by Crippen LogP contribution is -2.42. The van der Waals surface area contributed by atoms with E-state index in [9.17, 15) is 13.2 Å². The molecule has 1 aromatic carbocycles. The summed E-state index contributed by atoms with van der Waals surface area (Å²) in [6.45, 7) is 0.255. The van der Waals surface area contributed by atoms with Crippen LogP contribution in [0.5, 0.6) is 5.75 Å². The lowest BCUT2D eigenvalue weighted by atomic mass is 10.0. The van der Waals surface area contributed by atoms with E-state index in [2.05, 4.69) is 0 Å². The monoisotopic (exact) mass is 333 g/mol. The summed E-state index contributed by atoms with van der Waals surface area (Å²) in [7, 11) is -2.40. The molecule has 1 fully saturated rings. The van der Waals surface area contributed by atoms with Crippen LogP contribution in [0, 0.1) is 5.92 Å². The van der Waals surface area contributed by atoms with Crippen molar-refractivity contribution >= 4 is 27.6 Å². The molecule has 1 unspecified atom stereocenters. The molecule has 0 spiro atoms. The Morgan fingerprint density at radius 2 is 2.19 bits per heavy atom. The molecular formula is C13H16ClNO5S. The fourth-order valence-corrected chi connectivity index (χ4v) is 4.32. The van der Waals surface area contributed by atoms with Gasteiger partial charge in [-0.25, -0.2) is 8.42 Å². The Morgan fingerprint density at radius 3 is 2.81 bits per heavy atom. The fraction of sp³-hybridized carbons (Fsp3) is 0.462. The number of carboxylic acid groups (broad SMARTS) is 1. The van der Waals surface area contributed by atoms with Gasteiger partial charge in [-0.05, 0) is 25.0 Å². The van der Waals surface area contributed by atoms with Crippen LogP contribution in [0.15, 0.2) is 23.1 Å². The molecule has 116 valence electrons. The standard InChI is InChI=1S/C13H16ClNO5S/c1-20-10-4-5-11(14)12(7-10)21(18,19)15-6-2-3-9(8-15)13(16)17/h4-5,7,9H,2-3,6,8H2,1H3,(H,16,17). The van der Waals surface area contributed by atoms with Gasteiger partial charge >= 0.3 is 5.97 Å². The van der Waals surface area contributed by atoms with Crippen molar-refractivity contribution in [3.63, 3.8) is 0 Å². The summed E-state index contributed by atoms with van der Waals surface area (Å²) in [6.07, 6.45) is 0.991. The van der Waals surface area contributed by atoms with Gasteiger partial charge in [0.2, 0.25) is 10.0 Å². The van der Waals surface area contributed by atoms with E-state index in [1.54, 1.807) is 6.07 Å². The SMILES string of the molecule is COc1ccc(Cl)c(S(=O)(=O)N2CCCC(C(=O)O)C2)c1. The maximum Gasteiger partial charge on any atom is 0.307 e. The number of carboxylic acids is 1. The topological polar surface area (TPSA) is 83.9 Å². The maximum absolute atomic E-state index is 12.6. The fourth-order valence-electron chi connectivity index (χ4n) is 2.31. The second-order valence-corrected chi connectivity index (χ2v) is 7.15. The lowest BCUT2D eigenvalue weighted by Gasteiger charge is -2.30. The van der Waals surface area contributed by atoms with Gasteiger partial charge < -0.3 is 9.84 Å². The lowest BCUT2D eigenvalue weighted by molar-refractivity contribution is -0.142. The van der Waals surface area contributed by atoms with E-state index in [-0.39, 0.29) is 16.5 Å². The minimum Gasteiger partial charge on any atom is -0.497 e. The molecule has 0 aliphatic carbocycles. The van der Waals surface area contributed by atoms with Crippen LogP contribution in [0.2, 0.25) is 5.02 Å². The van der Waals surface area contributed by atoms with Gasteiger partial charge in [0.25, 0.3) is 0 Å². The number of benzene rings is 1. The first-order valence-electron chi connectivity index (χ1n) is 6.42. The normalized spacial score (nSPS) is 20.2. The number of piperidine rings is 1. The van der Waals surface area contributed by atoms with Crippen molar-refractivity contribution in [3.05, 3.63) is 23.2 Å². The van der Waals surface area contributed by atoms with Gasteiger partial charge in [-0.15, -0.1) is 0 Å². The summed E-state index contributed by atoms with van der Waals surface area (Å²) in [5.74, 6) is -1.28. The van der Waals surface area contributed by atoms with E-state index in [0.717, 1.165) is 0 Å². The summed E-state index contributed by atoms with van der Waals surface area (Å²) in [6, 6.07) is 4.37. The molecule has 0 bridgehead atoms. The van der Waals surface area contributed by atoms with Gasteiger partial charge in [0, 0.05) is 19.2 Å². The van der Waals surface area contributed by atoms with E-state index in [0.29, 0.717) is 25.1 Å². The first-order chi connectivity index (χ1) is 9.86. The number of halogens is 1. The van der Waals surface area contributed by atoms with E-state index in [1.807, 2.05) is 0 Å². The second kappa shape index (κ2) is 6.21. The second-order valence-electron chi connectivity index (χ2n) is 4.84. The van der Waals surface area contributed by atoms with Crippen LogP contribution in [0.4, 0.5) is 0 Å². The summed E-state index contributed by atoms with van der Waals surface area (Å²) in [5.41, 5.74) is 0. The zero-order chi connectivity index (χ0) is 15.6. The highest BCUT2D eigenvalue weighted by molar-refractivity contribution is 7.89. The number of ether oxygens (including phenoxy) is 1. The number of hydrogen-bond acceptors (Lipinski definition) is 4. The summed E-state index contributed by atoms with van der Waals surface area (Å²) < 4.78 is 31.5. The number of aliphatic carboxylic acids is 1. The van der Waals surface area contributed by atoms with Crippen LogP contribution in [-0.2, 0) is 14.8 Å². The Kier molecular flexibility index (Phi) is 4.75. The number of rotatable bonds is 4. The third-order valence-electron chi connectivity index (χ3n) is 3.49. The van der Waals surface area contributed by atoms with Crippen molar-refractivity contribution in [1.29, 1.82) is 0 Å². The number of methoxy groups -OCH3 is 1. The highest BCUT2D eigenvalue weighted by atomic mass is 35.5. The minimum atomic E-state index is -3.83. The molecule has 0 aromatic heterocycles. The Morgan fingerprint density at radius 1 is 1.48 bits per heavy atom. The molecule has 1 heterocycles. The van der Waals surface area contributed by atoms with Crippen molar-refractivity contribution in [3.8, 4) is 5.75 Å². The van der Waals surface area contributed by atoms with Gasteiger partial charge in [-0.3, -0.25) is 4.79 Å². The van der Waals surface area contributed by atoms with Crippen molar-refractivity contribution in [2.75, 3.05) is 20.2 Å². The highest BCUT2D eigenvalue weighted by Crippen LogP contribution is 2.31. The predicted molar refractivity (Wildman–Crippen MR) is 77.1 cm³/mol. The number of nitrogens with zero attached hydrogens (tertiary/aromatic N) is 1. The van der Waals surface area contributed by atoms with E-state index >= 15 is 0 Å². The van der Waals surface area contributed by atoms with Crippen LogP contribution in [0.1, 0.15) is 12.8 Å².